The van der Waals surface area contributed by atoms with E-state index in [1.54, 1.807) is 12.1 Å². The molecule has 1 heterocycles. The molecule has 27 heavy (non-hydrogen) atoms. The summed E-state index contributed by atoms with van der Waals surface area (Å²) in [4.78, 5) is 14.9. The van der Waals surface area contributed by atoms with E-state index < -0.39 is 0 Å². The molecule has 6 heteroatoms. The highest BCUT2D eigenvalue weighted by molar-refractivity contribution is 6.34. The molecule has 1 amide bonds. The van der Waals surface area contributed by atoms with Crippen LogP contribution in [0.25, 0.3) is 0 Å². The number of unbranched alkanes of at least 4 members (excludes halogenated alkanes) is 1. The Bertz CT molecular complexity index is 776. The first-order valence-electron chi connectivity index (χ1n) is 9.34. The highest BCUT2D eigenvalue weighted by atomic mass is 35.5. The van der Waals surface area contributed by atoms with Crippen molar-refractivity contribution in [3.8, 4) is 5.75 Å². The van der Waals surface area contributed by atoms with Crippen LogP contribution in [0.5, 0.6) is 5.75 Å². The zero-order chi connectivity index (χ0) is 19.1. The van der Waals surface area contributed by atoms with Gasteiger partial charge in [0.2, 0.25) is 0 Å². The van der Waals surface area contributed by atoms with Gasteiger partial charge < -0.3 is 19.7 Å². The van der Waals surface area contributed by atoms with Crippen molar-refractivity contribution in [1.82, 2.24) is 0 Å². The maximum Gasteiger partial charge on any atom is 0.255 e. The number of rotatable bonds is 7. The van der Waals surface area contributed by atoms with E-state index in [2.05, 4.69) is 17.1 Å². The topological polar surface area (TPSA) is 50.8 Å². The predicted octanol–water partition coefficient (Wildman–Crippen LogP) is 4.61. The Balaban J connectivity index is 1.76. The minimum Gasteiger partial charge on any atom is -0.494 e. The molecule has 0 aliphatic carbocycles. The van der Waals surface area contributed by atoms with Crippen molar-refractivity contribution in [2.45, 2.75) is 19.8 Å². The zero-order valence-electron chi connectivity index (χ0n) is 15.5. The van der Waals surface area contributed by atoms with Crippen LogP contribution < -0.4 is 15.0 Å². The van der Waals surface area contributed by atoms with E-state index in [1.165, 1.54) is 0 Å². The second kappa shape index (κ2) is 9.62. The standard InChI is InChI=1S/C21H25ClN2O3/c1-2-3-12-27-17-7-4-6-16(15-17)21(25)23-19-9-5-8-18(22)20(19)24-10-13-26-14-11-24/h4-9,15H,2-3,10-14H2,1H3,(H,23,25). The van der Waals surface area contributed by atoms with Crippen LogP contribution in [-0.2, 0) is 4.74 Å². The second-order valence-electron chi connectivity index (χ2n) is 6.42. The van der Waals surface area contributed by atoms with E-state index in [1.807, 2.05) is 30.3 Å². The molecule has 5 nitrogen and oxygen atoms in total. The number of nitrogens with zero attached hydrogens (tertiary/aromatic N) is 1. The minimum absolute atomic E-state index is 0.187. The van der Waals surface area contributed by atoms with Crippen LogP contribution in [0.3, 0.4) is 0 Å². The van der Waals surface area contributed by atoms with E-state index in [0.29, 0.717) is 41.8 Å². The van der Waals surface area contributed by atoms with Gasteiger partial charge in [0.15, 0.2) is 0 Å². The van der Waals surface area contributed by atoms with Crippen LogP contribution in [-0.4, -0.2) is 38.8 Å². The summed E-state index contributed by atoms with van der Waals surface area (Å²) in [5.41, 5.74) is 2.09. The average Bonchev–Trinajstić information content (AvgIpc) is 2.69. The van der Waals surface area contributed by atoms with Gasteiger partial charge in [-0.1, -0.05) is 37.1 Å². The van der Waals surface area contributed by atoms with E-state index in [0.717, 1.165) is 31.6 Å². The van der Waals surface area contributed by atoms with Gasteiger partial charge >= 0.3 is 0 Å². The van der Waals surface area contributed by atoms with Crippen molar-refractivity contribution in [1.29, 1.82) is 0 Å². The number of para-hydroxylation sites is 1. The van der Waals surface area contributed by atoms with Crippen LogP contribution in [0.1, 0.15) is 30.1 Å². The molecular formula is C21H25ClN2O3. The maximum absolute atomic E-state index is 12.8. The number of carbonyl (C=O) groups excluding carboxylic acids is 1. The molecule has 0 unspecified atom stereocenters. The van der Waals surface area contributed by atoms with Crippen LogP contribution >= 0.6 is 11.6 Å². The van der Waals surface area contributed by atoms with Gasteiger partial charge in [-0.2, -0.15) is 0 Å². The first-order chi connectivity index (χ1) is 13.2. The van der Waals surface area contributed by atoms with Gasteiger partial charge in [-0.25, -0.2) is 0 Å². The third-order valence-corrected chi connectivity index (χ3v) is 4.73. The number of halogens is 1. The Morgan fingerprint density at radius 3 is 2.78 bits per heavy atom. The van der Waals surface area contributed by atoms with Gasteiger partial charge in [-0.3, -0.25) is 4.79 Å². The second-order valence-corrected chi connectivity index (χ2v) is 6.83. The van der Waals surface area contributed by atoms with Crippen molar-refractivity contribution in [3.05, 3.63) is 53.1 Å². The first-order valence-corrected chi connectivity index (χ1v) is 9.72. The Labute approximate surface area is 165 Å². The summed E-state index contributed by atoms with van der Waals surface area (Å²) in [7, 11) is 0. The van der Waals surface area contributed by atoms with Gasteiger partial charge in [0.05, 0.1) is 36.2 Å². The summed E-state index contributed by atoms with van der Waals surface area (Å²) in [5, 5.41) is 3.62. The van der Waals surface area contributed by atoms with Gasteiger partial charge in [-0.15, -0.1) is 0 Å². The van der Waals surface area contributed by atoms with Gasteiger partial charge in [0.25, 0.3) is 5.91 Å². The minimum atomic E-state index is -0.187. The summed E-state index contributed by atoms with van der Waals surface area (Å²) in [6.45, 7) is 5.55. The third kappa shape index (κ3) is 5.15. The fourth-order valence-electron chi connectivity index (χ4n) is 2.98. The molecule has 144 valence electrons. The molecule has 1 aliphatic rings. The lowest BCUT2D eigenvalue weighted by Crippen LogP contribution is -2.37. The molecule has 0 atom stereocenters. The van der Waals surface area contributed by atoms with E-state index in [-0.39, 0.29) is 5.91 Å². The van der Waals surface area contributed by atoms with E-state index in [9.17, 15) is 4.79 Å². The highest BCUT2D eigenvalue weighted by Crippen LogP contribution is 2.34. The summed E-state index contributed by atoms with van der Waals surface area (Å²) in [6, 6.07) is 12.8. The molecule has 0 bridgehead atoms. The fraction of sp³-hybridized carbons (Fsp3) is 0.381. The Morgan fingerprint density at radius 2 is 2.00 bits per heavy atom. The molecule has 2 aromatic rings. The number of carbonyl (C=O) groups is 1. The molecular weight excluding hydrogens is 364 g/mol. The average molecular weight is 389 g/mol. The third-order valence-electron chi connectivity index (χ3n) is 4.43. The number of amides is 1. The summed E-state index contributed by atoms with van der Waals surface area (Å²) in [6.07, 6.45) is 2.06. The predicted molar refractivity (Wildman–Crippen MR) is 109 cm³/mol. The molecule has 1 fully saturated rings. The van der Waals surface area contributed by atoms with Crippen LogP contribution in [0.4, 0.5) is 11.4 Å². The molecule has 1 N–H and O–H groups in total. The molecule has 2 aromatic carbocycles. The Morgan fingerprint density at radius 1 is 1.22 bits per heavy atom. The van der Waals surface area contributed by atoms with Crippen LogP contribution in [0.2, 0.25) is 5.02 Å². The molecule has 0 saturated carbocycles. The Hall–Kier alpha value is -2.24. The molecule has 0 radical (unpaired) electrons. The maximum atomic E-state index is 12.8. The number of morpholine rings is 1. The van der Waals surface area contributed by atoms with Crippen molar-refractivity contribution in [2.24, 2.45) is 0 Å². The normalized spacial score (nSPS) is 14.1. The number of ether oxygens (including phenoxy) is 2. The monoisotopic (exact) mass is 388 g/mol. The molecule has 3 rings (SSSR count). The Kier molecular flexibility index (Phi) is 6.96. The fourth-order valence-corrected chi connectivity index (χ4v) is 3.27. The van der Waals surface area contributed by atoms with Gasteiger partial charge in [-0.05, 0) is 36.8 Å². The smallest absolute Gasteiger partial charge is 0.255 e. The summed E-state index contributed by atoms with van der Waals surface area (Å²) >= 11 is 6.43. The van der Waals surface area contributed by atoms with Gasteiger partial charge in [0, 0.05) is 18.7 Å². The molecule has 1 aliphatic heterocycles. The van der Waals surface area contributed by atoms with Crippen molar-refractivity contribution in [2.75, 3.05) is 43.1 Å². The zero-order valence-corrected chi connectivity index (χ0v) is 16.3. The number of nitrogens with one attached hydrogen (secondary N) is 1. The van der Waals surface area contributed by atoms with Crippen LogP contribution in [0, 0.1) is 0 Å². The van der Waals surface area contributed by atoms with Crippen molar-refractivity contribution in [3.63, 3.8) is 0 Å². The van der Waals surface area contributed by atoms with Crippen molar-refractivity contribution < 1.29 is 14.3 Å². The lowest BCUT2D eigenvalue weighted by Gasteiger charge is -2.31. The largest absolute Gasteiger partial charge is 0.494 e. The summed E-state index contributed by atoms with van der Waals surface area (Å²) < 4.78 is 11.1. The van der Waals surface area contributed by atoms with E-state index >= 15 is 0 Å². The number of hydrogen-bond acceptors (Lipinski definition) is 4. The number of hydrogen-bond donors (Lipinski definition) is 1. The first kappa shape index (κ1) is 19.5. The van der Waals surface area contributed by atoms with Gasteiger partial charge in [0.1, 0.15) is 5.75 Å². The lowest BCUT2D eigenvalue weighted by molar-refractivity contribution is 0.102. The van der Waals surface area contributed by atoms with E-state index in [4.69, 9.17) is 21.1 Å². The lowest BCUT2D eigenvalue weighted by atomic mass is 10.1. The SMILES string of the molecule is CCCCOc1cccc(C(=O)Nc2cccc(Cl)c2N2CCOCC2)c1. The van der Waals surface area contributed by atoms with Crippen LogP contribution in [0.15, 0.2) is 42.5 Å². The molecule has 1 saturated heterocycles. The molecule has 0 spiro atoms. The molecule has 0 aromatic heterocycles. The number of benzene rings is 2. The highest BCUT2D eigenvalue weighted by Gasteiger charge is 2.19. The summed E-state index contributed by atoms with van der Waals surface area (Å²) in [5.74, 6) is 0.517. The quantitative estimate of drug-likeness (QED) is 0.704. The van der Waals surface area contributed by atoms with Crippen molar-refractivity contribution >= 4 is 28.9 Å². The number of anilines is 2.